The maximum Gasteiger partial charge on any atom is 0.225 e. The van der Waals surface area contributed by atoms with Crippen LogP contribution < -0.4 is 5.32 Å². The maximum absolute atomic E-state index is 12.8. The van der Waals surface area contributed by atoms with E-state index in [0.717, 1.165) is 37.2 Å². The van der Waals surface area contributed by atoms with Crippen LogP contribution >= 0.6 is 11.3 Å². The summed E-state index contributed by atoms with van der Waals surface area (Å²) in [6.07, 6.45) is 8.09. The highest BCUT2D eigenvalue weighted by atomic mass is 32.1. The molecule has 1 aromatic heterocycles. The minimum absolute atomic E-state index is 0.0608. The topological polar surface area (TPSA) is 62.3 Å². The van der Waals surface area contributed by atoms with Crippen LogP contribution in [0.25, 0.3) is 0 Å². The molecule has 3 fully saturated rings. The van der Waals surface area contributed by atoms with Crippen LogP contribution in [0.3, 0.4) is 0 Å². The number of amides is 2. The van der Waals surface area contributed by atoms with Crippen LogP contribution in [0.2, 0.25) is 0 Å². The summed E-state index contributed by atoms with van der Waals surface area (Å²) >= 11 is 1.68. The van der Waals surface area contributed by atoms with Crippen LogP contribution in [-0.2, 0) is 9.59 Å². The molecule has 130 valence electrons. The smallest absolute Gasteiger partial charge is 0.225 e. The Morgan fingerprint density at radius 1 is 1.25 bits per heavy atom. The fourth-order valence-electron chi connectivity index (χ4n) is 3.58. The summed E-state index contributed by atoms with van der Waals surface area (Å²) in [4.78, 5) is 32.7. The normalized spacial score (nSPS) is 25.4. The highest BCUT2D eigenvalue weighted by Gasteiger charge is 2.39. The predicted molar refractivity (Wildman–Crippen MR) is 92.5 cm³/mol. The fraction of sp³-hybridized carbons (Fsp3) is 0.722. The van der Waals surface area contributed by atoms with Crippen molar-refractivity contribution in [2.75, 3.05) is 13.1 Å². The Morgan fingerprint density at radius 2 is 2.04 bits per heavy atom. The molecule has 6 heteroatoms. The molecule has 0 aromatic carbocycles. The average Bonchev–Trinajstić information content (AvgIpc) is 3.50. The van der Waals surface area contributed by atoms with Crippen molar-refractivity contribution >= 4 is 23.2 Å². The number of thiazole rings is 1. The van der Waals surface area contributed by atoms with Crippen molar-refractivity contribution in [1.29, 1.82) is 0 Å². The van der Waals surface area contributed by atoms with Gasteiger partial charge in [0.15, 0.2) is 0 Å². The molecule has 4 rings (SSSR count). The van der Waals surface area contributed by atoms with Gasteiger partial charge < -0.3 is 10.2 Å². The van der Waals surface area contributed by atoms with Gasteiger partial charge in [-0.15, -0.1) is 11.3 Å². The number of carbonyl (C=O) groups is 2. The largest absolute Gasteiger partial charge is 0.346 e. The summed E-state index contributed by atoms with van der Waals surface area (Å²) in [6.45, 7) is 3.46. The van der Waals surface area contributed by atoms with Gasteiger partial charge in [-0.05, 0) is 51.4 Å². The number of hydrogen-bond acceptors (Lipinski definition) is 4. The highest BCUT2D eigenvalue weighted by molar-refractivity contribution is 7.11. The molecule has 24 heavy (non-hydrogen) atoms. The van der Waals surface area contributed by atoms with Gasteiger partial charge in [-0.2, -0.15) is 0 Å². The number of piperidine rings is 1. The SMILES string of the molecule is Cc1cnc([C@@H](NC(=O)[C@@H]2CCCN(C(=O)C3CC3)C2)C2CC2)s1. The Kier molecular flexibility index (Phi) is 4.33. The van der Waals surface area contributed by atoms with E-state index < -0.39 is 0 Å². The molecule has 1 aliphatic heterocycles. The number of aromatic nitrogens is 1. The van der Waals surface area contributed by atoms with Gasteiger partial charge in [-0.1, -0.05) is 0 Å². The standard InChI is InChI=1S/C18H25N3O2S/c1-11-9-19-17(24-11)15(12-4-5-12)20-16(22)14-3-2-8-21(10-14)18(23)13-6-7-13/h9,12-15H,2-8,10H2,1H3,(H,20,22)/t14-,15+/m1/s1. The minimum Gasteiger partial charge on any atom is -0.346 e. The van der Waals surface area contributed by atoms with E-state index in [2.05, 4.69) is 17.2 Å². The second kappa shape index (κ2) is 6.47. The van der Waals surface area contributed by atoms with E-state index in [1.54, 1.807) is 11.3 Å². The first-order valence-electron chi connectivity index (χ1n) is 9.13. The van der Waals surface area contributed by atoms with Crippen molar-refractivity contribution < 1.29 is 9.59 Å². The molecule has 1 saturated heterocycles. The average molecular weight is 347 g/mol. The minimum atomic E-state index is -0.0660. The molecule has 5 nitrogen and oxygen atoms in total. The molecule has 2 aliphatic carbocycles. The second-order valence-electron chi connectivity index (χ2n) is 7.53. The zero-order valence-electron chi connectivity index (χ0n) is 14.2. The third-order valence-corrected chi connectivity index (χ3v) is 6.32. The Morgan fingerprint density at radius 3 is 2.67 bits per heavy atom. The number of hydrogen-bond donors (Lipinski definition) is 1. The monoisotopic (exact) mass is 347 g/mol. The van der Waals surface area contributed by atoms with Crippen LogP contribution in [0.5, 0.6) is 0 Å². The zero-order chi connectivity index (χ0) is 16.7. The summed E-state index contributed by atoms with van der Waals surface area (Å²) in [6, 6.07) is 0.0608. The molecule has 3 aliphatic rings. The first-order chi connectivity index (χ1) is 11.6. The van der Waals surface area contributed by atoms with E-state index in [4.69, 9.17) is 0 Å². The first kappa shape index (κ1) is 16.1. The summed E-state index contributed by atoms with van der Waals surface area (Å²) in [7, 11) is 0. The van der Waals surface area contributed by atoms with Gasteiger partial charge in [0.25, 0.3) is 0 Å². The van der Waals surface area contributed by atoms with E-state index in [-0.39, 0.29) is 29.7 Å². The molecule has 0 spiro atoms. The van der Waals surface area contributed by atoms with Crippen molar-refractivity contribution in [2.45, 2.75) is 51.5 Å². The van der Waals surface area contributed by atoms with Gasteiger partial charge in [0, 0.05) is 30.1 Å². The van der Waals surface area contributed by atoms with E-state index in [1.807, 2.05) is 11.1 Å². The van der Waals surface area contributed by atoms with Crippen LogP contribution in [0.1, 0.15) is 54.5 Å². The molecule has 0 unspecified atom stereocenters. The predicted octanol–water partition coefficient (Wildman–Crippen LogP) is 2.67. The van der Waals surface area contributed by atoms with Gasteiger partial charge in [-0.3, -0.25) is 9.59 Å². The van der Waals surface area contributed by atoms with Crippen molar-refractivity contribution in [3.05, 3.63) is 16.1 Å². The van der Waals surface area contributed by atoms with Crippen molar-refractivity contribution in [2.24, 2.45) is 17.8 Å². The Labute approximate surface area is 146 Å². The molecule has 0 radical (unpaired) electrons. The molecule has 2 heterocycles. The van der Waals surface area contributed by atoms with Crippen molar-refractivity contribution in [3.8, 4) is 0 Å². The lowest BCUT2D eigenvalue weighted by molar-refractivity contribution is -0.137. The molecule has 2 amide bonds. The first-order valence-corrected chi connectivity index (χ1v) is 9.95. The lowest BCUT2D eigenvalue weighted by Gasteiger charge is -2.33. The fourth-order valence-corrected chi connectivity index (χ4v) is 4.50. The van der Waals surface area contributed by atoms with E-state index >= 15 is 0 Å². The lowest BCUT2D eigenvalue weighted by atomic mass is 9.96. The molecule has 2 atom stereocenters. The number of nitrogens with one attached hydrogen (secondary N) is 1. The number of likely N-dealkylation sites (tertiary alicyclic amines) is 1. The maximum atomic E-state index is 12.8. The quantitative estimate of drug-likeness (QED) is 0.891. The van der Waals surface area contributed by atoms with Gasteiger partial charge in [0.1, 0.15) is 5.01 Å². The van der Waals surface area contributed by atoms with Gasteiger partial charge >= 0.3 is 0 Å². The number of carbonyl (C=O) groups excluding carboxylic acids is 2. The third kappa shape index (κ3) is 3.48. The van der Waals surface area contributed by atoms with Crippen LogP contribution in [-0.4, -0.2) is 34.8 Å². The number of rotatable bonds is 5. The zero-order valence-corrected chi connectivity index (χ0v) is 15.0. The van der Waals surface area contributed by atoms with Gasteiger partial charge in [-0.25, -0.2) is 4.98 Å². The third-order valence-electron chi connectivity index (χ3n) is 5.33. The summed E-state index contributed by atoms with van der Waals surface area (Å²) in [5, 5.41) is 4.29. The summed E-state index contributed by atoms with van der Waals surface area (Å²) in [5.74, 6) is 1.08. The molecular weight excluding hydrogens is 322 g/mol. The summed E-state index contributed by atoms with van der Waals surface area (Å²) < 4.78 is 0. The van der Waals surface area contributed by atoms with Crippen LogP contribution in [0.4, 0.5) is 0 Å². The molecular formula is C18H25N3O2S. The van der Waals surface area contributed by atoms with Crippen molar-refractivity contribution in [1.82, 2.24) is 15.2 Å². The lowest BCUT2D eigenvalue weighted by Crippen LogP contribution is -2.46. The Balaban J connectivity index is 1.39. The van der Waals surface area contributed by atoms with Gasteiger partial charge in [0.05, 0.1) is 12.0 Å². The summed E-state index contributed by atoms with van der Waals surface area (Å²) in [5.41, 5.74) is 0. The van der Waals surface area contributed by atoms with Gasteiger partial charge in [0.2, 0.25) is 11.8 Å². The van der Waals surface area contributed by atoms with Crippen molar-refractivity contribution in [3.63, 3.8) is 0 Å². The highest BCUT2D eigenvalue weighted by Crippen LogP contribution is 2.42. The van der Waals surface area contributed by atoms with Crippen LogP contribution in [0.15, 0.2) is 6.20 Å². The Hall–Kier alpha value is -1.43. The molecule has 2 saturated carbocycles. The Bertz CT molecular complexity index is 636. The number of aryl methyl sites for hydroxylation is 1. The number of nitrogens with zero attached hydrogens (tertiary/aromatic N) is 2. The molecule has 1 N–H and O–H groups in total. The van der Waals surface area contributed by atoms with E-state index in [0.29, 0.717) is 12.5 Å². The van der Waals surface area contributed by atoms with E-state index in [1.165, 1.54) is 17.7 Å². The second-order valence-corrected chi connectivity index (χ2v) is 8.80. The van der Waals surface area contributed by atoms with Crippen LogP contribution in [0, 0.1) is 24.7 Å². The molecule has 1 aromatic rings. The molecule has 0 bridgehead atoms. The van der Waals surface area contributed by atoms with E-state index in [9.17, 15) is 9.59 Å².